The van der Waals surface area contributed by atoms with E-state index in [4.69, 9.17) is 4.74 Å². The summed E-state index contributed by atoms with van der Waals surface area (Å²) in [5.74, 6) is 0.457. The molecule has 1 aliphatic heterocycles. The van der Waals surface area contributed by atoms with Crippen LogP contribution in [0.25, 0.3) is 0 Å². The molecule has 16 heavy (non-hydrogen) atoms. The van der Waals surface area contributed by atoms with Crippen LogP contribution in [0.4, 0.5) is 0 Å². The minimum atomic E-state index is -0.0144. The Balaban J connectivity index is 1.85. The predicted octanol–water partition coefficient (Wildman–Crippen LogP) is 2.22. The van der Waals surface area contributed by atoms with Gasteiger partial charge in [0.25, 0.3) is 5.91 Å². The zero-order chi connectivity index (χ0) is 11.4. The van der Waals surface area contributed by atoms with Crippen molar-refractivity contribution in [2.45, 2.75) is 6.42 Å². The van der Waals surface area contributed by atoms with Gasteiger partial charge in [0.2, 0.25) is 0 Å². The molecule has 1 heterocycles. The number of amides is 1. The second-order valence-corrected chi connectivity index (χ2v) is 4.86. The molecule has 0 aromatic heterocycles. The number of hydrogen-bond donors (Lipinski definition) is 1. The number of hydrogen-bond acceptors (Lipinski definition) is 2. The van der Waals surface area contributed by atoms with Gasteiger partial charge < -0.3 is 10.1 Å². The molecule has 1 saturated heterocycles. The Morgan fingerprint density at radius 1 is 1.44 bits per heavy atom. The highest BCUT2D eigenvalue weighted by Crippen LogP contribution is 2.12. The molecule has 1 fully saturated rings. The SMILES string of the molecule is O=C(NCC1CCOC1)c1ccc(Br)cc1. The van der Waals surface area contributed by atoms with Crippen molar-refractivity contribution in [3.05, 3.63) is 34.3 Å². The third-order valence-electron chi connectivity index (χ3n) is 2.68. The number of nitrogens with one attached hydrogen (secondary N) is 1. The van der Waals surface area contributed by atoms with Crippen molar-refractivity contribution in [2.24, 2.45) is 5.92 Å². The average molecular weight is 284 g/mol. The summed E-state index contributed by atoms with van der Waals surface area (Å²) >= 11 is 3.34. The van der Waals surface area contributed by atoms with Gasteiger partial charge in [0.15, 0.2) is 0 Å². The normalized spacial score (nSPS) is 19.7. The van der Waals surface area contributed by atoms with Gasteiger partial charge in [-0.3, -0.25) is 4.79 Å². The molecule has 1 unspecified atom stereocenters. The van der Waals surface area contributed by atoms with E-state index in [1.807, 2.05) is 24.3 Å². The number of ether oxygens (including phenoxy) is 1. The lowest BCUT2D eigenvalue weighted by Gasteiger charge is -2.09. The molecular formula is C12H14BrNO2. The van der Waals surface area contributed by atoms with E-state index in [1.54, 1.807) is 0 Å². The van der Waals surface area contributed by atoms with Crippen LogP contribution in [0.3, 0.4) is 0 Å². The standard InChI is InChI=1S/C12H14BrNO2/c13-11-3-1-10(2-4-11)12(15)14-7-9-5-6-16-8-9/h1-4,9H,5-8H2,(H,14,15). The van der Waals surface area contributed by atoms with E-state index < -0.39 is 0 Å². The quantitative estimate of drug-likeness (QED) is 0.924. The molecule has 2 rings (SSSR count). The smallest absolute Gasteiger partial charge is 0.251 e. The van der Waals surface area contributed by atoms with E-state index in [-0.39, 0.29) is 5.91 Å². The molecule has 0 spiro atoms. The van der Waals surface area contributed by atoms with Crippen molar-refractivity contribution in [3.8, 4) is 0 Å². The third kappa shape index (κ3) is 3.06. The molecule has 4 heteroatoms. The number of carbonyl (C=O) groups is 1. The Morgan fingerprint density at radius 3 is 2.81 bits per heavy atom. The third-order valence-corrected chi connectivity index (χ3v) is 3.21. The molecule has 0 bridgehead atoms. The Bertz CT molecular complexity index is 358. The van der Waals surface area contributed by atoms with Crippen LogP contribution < -0.4 is 5.32 Å². The Hall–Kier alpha value is -0.870. The van der Waals surface area contributed by atoms with Crippen molar-refractivity contribution >= 4 is 21.8 Å². The molecule has 3 nitrogen and oxygen atoms in total. The summed E-state index contributed by atoms with van der Waals surface area (Å²) in [6, 6.07) is 7.36. The lowest BCUT2D eigenvalue weighted by Crippen LogP contribution is -2.29. The summed E-state index contributed by atoms with van der Waals surface area (Å²) in [7, 11) is 0. The first-order valence-corrected chi connectivity index (χ1v) is 6.16. The number of rotatable bonds is 3. The maximum Gasteiger partial charge on any atom is 0.251 e. The van der Waals surface area contributed by atoms with E-state index >= 15 is 0 Å². The topological polar surface area (TPSA) is 38.3 Å². The van der Waals surface area contributed by atoms with Crippen molar-refractivity contribution < 1.29 is 9.53 Å². The maximum absolute atomic E-state index is 11.7. The van der Waals surface area contributed by atoms with Crippen molar-refractivity contribution in [1.82, 2.24) is 5.32 Å². The monoisotopic (exact) mass is 283 g/mol. The van der Waals surface area contributed by atoms with Crippen LogP contribution in [0.5, 0.6) is 0 Å². The van der Waals surface area contributed by atoms with Gasteiger partial charge in [-0.1, -0.05) is 15.9 Å². The molecule has 1 atom stereocenters. The second-order valence-electron chi connectivity index (χ2n) is 3.95. The fraction of sp³-hybridized carbons (Fsp3) is 0.417. The first kappa shape index (κ1) is 11.6. The second kappa shape index (κ2) is 5.46. The largest absolute Gasteiger partial charge is 0.381 e. The summed E-state index contributed by atoms with van der Waals surface area (Å²) in [5.41, 5.74) is 0.696. The van der Waals surface area contributed by atoms with Gasteiger partial charge in [0, 0.05) is 29.1 Å². The molecule has 0 radical (unpaired) electrons. The molecule has 86 valence electrons. The van der Waals surface area contributed by atoms with Gasteiger partial charge in [0.1, 0.15) is 0 Å². The number of carbonyl (C=O) groups excluding carboxylic acids is 1. The Labute approximate surface area is 103 Å². The highest BCUT2D eigenvalue weighted by atomic mass is 79.9. The lowest BCUT2D eigenvalue weighted by molar-refractivity contribution is 0.0945. The minimum absolute atomic E-state index is 0.0144. The fourth-order valence-electron chi connectivity index (χ4n) is 1.68. The van der Waals surface area contributed by atoms with Crippen LogP contribution in [0.1, 0.15) is 16.8 Å². The van der Waals surface area contributed by atoms with Crippen LogP contribution in [-0.4, -0.2) is 25.7 Å². The molecule has 1 aromatic rings. The molecule has 1 N–H and O–H groups in total. The number of benzene rings is 1. The van der Waals surface area contributed by atoms with E-state index in [0.717, 1.165) is 24.1 Å². The van der Waals surface area contributed by atoms with Gasteiger partial charge in [-0.05, 0) is 30.7 Å². The van der Waals surface area contributed by atoms with Gasteiger partial charge in [-0.2, -0.15) is 0 Å². The van der Waals surface area contributed by atoms with Crippen molar-refractivity contribution in [1.29, 1.82) is 0 Å². The molecular weight excluding hydrogens is 270 g/mol. The summed E-state index contributed by atoms with van der Waals surface area (Å²) in [6.07, 6.45) is 1.04. The highest BCUT2D eigenvalue weighted by Gasteiger charge is 2.16. The summed E-state index contributed by atoms with van der Waals surface area (Å²) in [6.45, 7) is 2.29. The summed E-state index contributed by atoms with van der Waals surface area (Å²) in [5, 5.41) is 2.93. The molecule has 1 amide bonds. The maximum atomic E-state index is 11.7. The van der Waals surface area contributed by atoms with Crippen LogP contribution in [-0.2, 0) is 4.74 Å². The first-order valence-electron chi connectivity index (χ1n) is 5.37. The van der Waals surface area contributed by atoms with E-state index in [2.05, 4.69) is 21.2 Å². The zero-order valence-corrected chi connectivity index (χ0v) is 10.5. The Kier molecular flexibility index (Phi) is 3.96. The minimum Gasteiger partial charge on any atom is -0.381 e. The average Bonchev–Trinajstić information content (AvgIpc) is 2.80. The first-order chi connectivity index (χ1) is 7.75. The van der Waals surface area contributed by atoms with Crippen molar-refractivity contribution in [3.63, 3.8) is 0 Å². The highest BCUT2D eigenvalue weighted by molar-refractivity contribution is 9.10. The summed E-state index contributed by atoms with van der Waals surface area (Å²) in [4.78, 5) is 11.7. The summed E-state index contributed by atoms with van der Waals surface area (Å²) < 4.78 is 6.23. The molecule has 1 aliphatic rings. The van der Waals surface area contributed by atoms with E-state index in [1.165, 1.54) is 0 Å². The molecule has 1 aromatic carbocycles. The predicted molar refractivity (Wildman–Crippen MR) is 65.4 cm³/mol. The lowest BCUT2D eigenvalue weighted by atomic mass is 10.1. The van der Waals surface area contributed by atoms with Crippen LogP contribution in [0.15, 0.2) is 28.7 Å². The van der Waals surface area contributed by atoms with Gasteiger partial charge in [-0.15, -0.1) is 0 Å². The Morgan fingerprint density at radius 2 is 2.19 bits per heavy atom. The molecule has 0 saturated carbocycles. The van der Waals surface area contributed by atoms with Crippen molar-refractivity contribution in [2.75, 3.05) is 19.8 Å². The van der Waals surface area contributed by atoms with Gasteiger partial charge in [-0.25, -0.2) is 0 Å². The fourth-order valence-corrected chi connectivity index (χ4v) is 1.95. The van der Waals surface area contributed by atoms with E-state index in [9.17, 15) is 4.79 Å². The number of halogens is 1. The zero-order valence-electron chi connectivity index (χ0n) is 8.91. The van der Waals surface area contributed by atoms with Gasteiger partial charge >= 0.3 is 0 Å². The van der Waals surface area contributed by atoms with Gasteiger partial charge in [0.05, 0.1) is 6.61 Å². The van der Waals surface area contributed by atoms with Crippen LogP contribution in [0, 0.1) is 5.92 Å². The molecule has 0 aliphatic carbocycles. The van der Waals surface area contributed by atoms with E-state index in [0.29, 0.717) is 18.0 Å². The van der Waals surface area contributed by atoms with Crippen LogP contribution in [0.2, 0.25) is 0 Å². The van der Waals surface area contributed by atoms with Crippen LogP contribution >= 0.6 is 15.9 Å².